The number of urea groups is 1. The smallest absolute Gasteiger partial charge is 0.321 e. The van der Waals surface area contributed by atoms with E-state index in [1.165, 1.54) is 24.2 Å². The fourth-order valence-corrected chi connectivity index (χ4v) is 3.62. The largest absolute Gasteiger partial charge is 0.496 e. The summed E-state index contributed by atoms with van der Waals surface area (Å²) in [6, 6.07) is 5.38. The van der Waals surface area contributed by atoms with Crippen LogP contribution in [-0.2, 0) is 0 Å². The van der Waals surface area contributed by atoms with Crippen LogP contribution in [0.15, 0.2) is 28.1 Å². The van der Waals surface area contributed by atoms with E-state index < -0.39 is 0 Å². The SMILES string of the molecule is COc1ccc(C(C)NC(=O)Nc2nc(C3CC3)cs2)cc1Br. The number of hydrogen-bond donors (Lipinski definition) is 2. The number of nitrogens with one attached hydrogen (secondary N) is 2. The van der Waals surface area contributed by atoms with Gasteiger partial charge in [-0.3, -0.25) is 5.32 Å². The normalized spacial score (nSPS) is 15.1. The van der Waals surface area contributed by atoms with Crippen molar-refractivity contribution in [1.29, 1.82) is 0 Å². The maximum absolute atomic E-state index is 12.1. The predicted molar refractivity (Wildman–Crippen MR) is 95.4 cm³/mol. The molecular formula is C16H18BrN3O2S. The Morgan fingerprint density at radius 1 is 1.48 bits per heavy atom. The summed E-state index contributed by atoms with van der Waals surface area (Å²) in [6.07, 6.45) is 2.41. The van der Waals surface area contributed by atoms with Crippen LogP contribution in [0, 0.1) is 0 Å². The number of thiazole rings is 1. The molecule has 1 heterocycles. The molecule has 1 unspecified atom stereocenters. The number of anilines is 1. The molecule has 2 N–H and O–H groups in total. The van der Waals surface area contributed by atoms with E-state index in [0.29, 0.717) is 11.0 Å². The maximum atomic E-state index is 12.1. The Bertz CT molecular complexity index is 715. The molecule has 0 aliphatic heterocycles. The first kappa shape index (κ1) is 16.3. The highest BCUT2D eigenvalue weighted by molar-refractivity contribution is 9.10. The van der Waals surface area contributed by atoms with E-state index in [0.717, 1.165) is 21.5 Å². The van der Waals surface area contributed by atoms with Gasteiger partial charge >= 0.3 is 6.03 Å². The van der Waals surface area contributed by atoms with E-state index in [4.69, 9.17) is 4.74 Å². The van der Waals surface area contributed by atoms with Gasteiger partial charge in [-0.05, 0) is 53.4 Å². The lowest BCUT2D eigenvalue weighted by Gasteiger charge is -2.15. The standard InChI is InChI=1S/C16H18BrN3O2S/c1-9(11-5-6-14(22-2)12(17)7-11)18-15(21)20-16-19-13(8-23-16)10-3-4-10/h5-10H,3-4H2,1-2H3,(H2,18,19,20,21). The second-order valence-electron chi connectivity index (χ2n) is 5.57. The first-order chi connectivity index (χ1) is 11.1. The molecule has 0 saturated heterocycles. The molecule has 1 fully saturated rings. The molecule has 7 heteroatoms. The van der Waals surface area contributed by atoms with Gasteiger partial charge in [0.15, 0.2) is 5.13 Å². The van der Waals surface area contributed by atoms with Gasteiger partial charge in [0.2, 0.25) is 0 Å². The third-order valence-electron chi connectivity index (χ3n) is 3.76. The molecule has 1 saturated carbocycles. The zero-order chi connectivity index (χ0) is 16.4. The average molecular weight is 396 g/mol. The zero-order valence-corrected chi connectivity index (χ0v) is 15.3. The number of halogens is 1. The van der Waals surface area contributed by atoms with Gasteiger partial charge in [0, 0.05) is 11.3 Å². The van der Waals surface area contributed by atoms with Crippen molar-refractivity contribution < 1.29 is 9.53 Å². The van der Waals surface area contributed by atoms with Crippen LogP contribution in [0.5, 0.6) is 5.75 Å². The maximum Gasteiger partial charge on any atom is 0.321 e. The summed E-state index contributed by atoms with van der Waals surface area (Å²) in [7, 11) is 1.62. The van der Waals surface area contributed by atoms with Crippen LogP contribution in [0.25, 0.3) is 0 Å². The Hall–Kier alpha value is -1.60. The molecule has 1 aromatic heterocycles. The molecule has 1 aliphatic carbocycles. The number of hydrogen-bond acceptors (Lipinski definition) is 4. The minimum Gasteiger partial charge on any atom is -0.496 e. The second-order valence-corrected chi connectivity index (χ2v) is 7.28. The van der Waals surface area contributed by atoms with Crippen LogP contribution in [0.3, 0.4) is 0 Å². The molecule has 2 aromatic rings. The van der Waals surface area contributed by atoms with Gasteiger partial charge in [-0.25, -0.2) is 9.78 Å². The fraction of sp³-hybridized carbons (Fsp3) is 0.375. The molecule has 1 aromatic carbocycles. The second kappa shape index (κ2) is 6.88. The minimum absolute atomic E-state index is 0.125. The summed E-state index contributed by atoms with van der Waals surface area (Å²) < 4.78 is 6.07. The van der Waals surface area contributed by atoms with E-state index in [1.807, 2.05) is 30.5 Å². The Labute approximate surface area is 147 Å². The van der Waals surface area contributed by atoms with E-state index in [-0.39, 0.29) is 12.1 Å². The average Bonchev–Trinajstić information content (AvgIpc) is 3.27. The molecule has 23 heavy (non-hydrogen) atoms. The molecule has 0 radical (unpaired) electrons. The lowest BCUT2D eigenvalue weighted by atomic mass is 10.1. The number of carbonyl (C=O) groups excluding carboxylic acids is 1. The lowest BCUT2D eigenvalue weighted by Crippen LogP contribution is -2.31. The monoisotopic (exact) mass is 395 g/mol. The summed E-state index contributed by atoms with van der Waals surface area (Å²) in [6.45, 7) is 1.94. The summed E-state index contributed by atoms with van der Waals surface area (Å²) in [4.78, 5) is 16.6. The quantitative estimate of drug-likeness (QED) is 0.772. The van der Waals surface area contributed by atoms with Gasteiger partial charge in [0.25, 0.3) is 0 Å². The van der Waals surface area contributed by atoms with E-state index >= 15 is 0 Å². The predicted octanol–water partition coefficient (Wildman–Crippen LogP) is 4.67. The first-order valence-electron chi connectivity index (χ1n) is 7.43. The summed E-state index contributed by atoms with van der Waals surface area (Å²) in [5.41, 5.74) is 2.09. The molecule has 3 rings (SSSR count). The summed E-state index contributed by atoms with van der Waals surface area (Å²) >= 11 is 4.93. The Balaban J connectivity index is 1.58. The third kappa shape index (κ3) is 4.03. The van der Waals surface area contributed by atoms with Crippen molar-refractivity contribution >= 4 is 38.4 Å². The molecule has 122 valence electrons. The number of ether oxygens (including phenoxy) is 1. The van der Waals surface area contributed by atoms with Gasteiger partial charge in [0.1, 0.15) is 5.75 Å². The van der Waals surface area contributed by atoms with Crippen molar-refractivity contribution in [2.24, 2.45) is 0 Å². The highest BCUT2D eigenvalue weighted by Crippen LogP contribution is 2.40. The highest BCUT2D eigenvalue weighted by atomic mass is 79.9. The van der Waals surface area contributed by atoms with Crippen molar-refractivity contribution in [2.75, 3.05) is 12.4 Å². The molecule has 2 amide bonds. The van der Waals surface area contributed by atoms with Crippen LogP contribution in [0.2, 0.25) is 0 Å². The van der Waals surface area contributed by atoms with Crippen molar-refractivity contribution in [1.82, 2.24) is 10.3 Å². The number of aromatic nitrogens is 1. The molecular weight excluding hydrogens is 378 g/mol. The van der Waals surface area contributed by atoms with Gasteiger partial charge in [-0.1, -0.05) is 6.07 Å². The first-order valence-corrected chi connectivity index (χ1v) is 9.10. The molecule has 1 aliphatic rings. The van der Waals surface area contributed by atoms with Crippen molar-refractivity contribution in [3.8, 4) is 5.75 Å². The summed E-state index contributed by atoms with van der Waals surface area (Å²) in [5.74, 6) is 1.36. The Morgan fingerprint density at radius 3 is 2.91 bits per heavy atom. The van der Waals surface area contributed by atoms with Gasteiger partial charge in [-0.2, -0.15) is 0 Å². The van der Waals surface area contributed by atoms with Crippen molar-refractivity contribution in [3.05, 3.63) is 39.3 Å². The number of methoxy groups -OCH3 is 1. The molecule has 5 nitrogen and oxygen atoms in total. The van der Waals surface area contributed by atoms with Gasteiger partial charge < -0.3 is 10.1 Å². The summed E-state index contributed by atoms with van der Waals surface area (Å²) in [5, 5.41) is 8.39. The third-order valence-corrected chi connectivity index (χ3v) is 5.16. The zero-order valence-electron chi connectivity index (χ0n) is 12.9. The van der Waals surface area contributed by atoms with Crippen LogP contribution in [-0.4, -0.2) is 18.1 Å². The number of amides is 2. The van der Waals surface area contributed by atoms with E-state index in [1.54, 1.807) is 7.11 Å². The van der Waals surface area contributed by atoms with Crippen LogP contribution >= 0.6 is 27.3 Å². The number of carbonyl (C=O) groups is 1. The van der Waals surface area contributed by atoms with Crippen LogP contribution < -0.4 is 15.4 Å². The number of nitrogens with zero attached hydrogens (tertiary/aromatic N) is 1. The Morgan fingerprint density at radius 2 is 2.26 bits per heavy atom. The fourth-order valence-electron chi connectivity index (χ4n) is 2.28. The Kier molecular flexibility index (Phi) is 4.87. The van der Waals surface area contributed by atoms with Crippen molar-refractivity contribution in [3.63, 3.8) is 0 Å². The topological polar surface area (TPSA) is 63.2 Å². The lowest BCUT2D eigenvalue weighted by molar-refractivity contribution is 0.249. The minimum atomic E-state index is -0.249. The van der Waals surface area contributed by atoms with Gasteiger partial charge in [0.05, 0.1) is 23.3 Å². The number of benzene rings is 1. The van der Waals surface area contributed by atoms with Gasteiger partial charge in [-0.15, -0.1) is 11.3 Å². The van der Waals surface area contributed by atoms with Crippen LogP contribution in [0.1, 0.15) is 43.0 Å². The molecule has 0 spiro atoms. The molecule has 1 atom stereocenters. The highest BCUT2D eigenvalue weighted by Gasteiger charge is 2.26. The molecule has 0 bridgehead atoms. The van der Waals surface area contributed by atoms with Crippen molar-refractivity contribution in [2.45, 2.75) is 31.7 Å². The number of rotatable bonds is 5. The van der Waals surface area contributed by atoms with E-state index in [2.05, 4.69) is 31.5 Å². The van der Waals surface area contributed by atoms with E-state index in [9.17, 15) is 4.79 Å². The van der Waals surface area contributed by atoms with Crippen LogP contribution in [0.4, 0.5) is 9.93 Å².